The molecule has 2 aromatic rings. The van der Waals surface area contributed by atoms with E-state index in [9.17, 15) is 9.59 Å². The van der Waals surface area contributed by atoms with Crippen LogP contribution >= 0.6 is 0 Å². The van der Waals surface area contributed by atoms with Gasteiger partial charge in [-0.05, 0) is 18.9 Å². The lowest BCUT2D eigenvalue weighted by atomic mass is 10.1. The highest BCUT2D eigenvalue weighted by molar-refractivity contribution is 6.42. The monoisotopic (exact) mass is 295 g/mol. The van der Waals surface area contributed by atoms with Gasteiger partial charge in [-0.25, -0.2) is 0 Å². The third-order valence-corrected chi connectivity index (χ3v) is 3.50. The van der Waals surface area contributed by atoms with Gasteiger partial charge in [0.2, 0.25) is 5.78 Å². The highest BCUT2D eigenvalue weighted by Gasteiger charge is 2.22. The minimum atomic E-state index is -0.440. The molecule has 0 heterocycles. The first-order chi connectivity index (χ1) is 10.6. The van der Waals surface area contributed by atoms with Gasteiger partial charge in [0.05, 0.1) is 0 Å². The number of aryl methyl sites for hydroxylation is 1. The van der Waals surface area contributed by atoms with Gasteiger partial charge in [-0.2, -0.15) is 0 Å². The van der Waals surface area contributed by atoms with E-state index in [4.69, 9.17) is 0 Å². The second kappa shape index (κ2) is 7.55. The highest BCUT2D eigenvalue weighted by atomic mass is 16.2. The molecule has 0 saturated carbocycles. The second-order valence-corrected chi connectivity index (χ2v) is 5.41. The smallest absolute Gasteiger partial charge is 0.295 e. The van der Waals surface area contributed by atoms with Crippen LogP contribution in [0.1, 0.15) is 34.8 Å². The van der Waals surface area contributed by atoms with Crippen molar-refractivity contribution < 1.29 is 9.59 Å². The minimum absolute atomic E-state index is 0.436. The van der Waals surface area contributed by atoms with Gasteiger partial charge in [-0.15, -0.1) is 0 Å². The van der Waals surface area contributed by atoms with Crippen molar-refractivity contribution in [1.29, 1.82) is 0 Å². The van der Waals surface area contributed by atoms with Crippen molar-refractivity contribution in [3.63, 3.8) is 0 Å². The van der Waals surface area contributed by atoms with Crippen LogP contribution in [0.3, 0.4) is 0 Å². The molecule has 2 aromatic carbocycles. The molecule has 0 aliphatic heterocycles. The molecule has 0 unspecified atom stereocenters. The molecular weight excluding hydrogens is 274 g/mol. The van der Waals surface area contributed by atoms with Gasteiger partial charge in [0.1, 0.15) is 0 Å². The number of benzene rings is 2. The molecule has 0 aromatic heterocycles. The molecular formula is C19H21NO2. The molecule has 114 valence electrons. The van der Waals surface area contributed by atoms with Gasteiger partial charge in [0.25, 0.3) is 5.91 Å². The molecule has 3 heteroatoms. The Kier molecular flexibility index (Phi) is 5.48. The summed E-state index contributed by atoms with van der Waals surface area (Å²) in [7, 11) is 0. The van der Waals surface area contributed by atoms with Crippen LogP contribution in [-0.2, 0) is 11.3 Å². The minimum Gasteiger partial charge on any atom is -0.331 e. The Morgan fingerprint density at radius 1 is 0.955 bits per heavy atom. The SMILES string of the molecule is CCCN(Cc1ccccc1)C(=O)C(=O)c1ccc(C)cc1. The molecule has 0 radical (unpaired) electrons. The van der Waals surface area contributed by atoms with Crippen molar-refractivity contribution in [3.8, 4) is 0 Å². The van der Waals surface area contributed by atoms with E-state index in [0.29, 0.717) is 18.7 Å². The summed E-state index contributed by atoms with van der Waals surface area (Å²) in [5.74, 6) is -0.876. The van der Waals surface area contributed by atoms with Crippen LogP contribution in [0, 0.1) is 6.92 Å². The fraction of sp³-hybridized carbons (Fsp3) is 0.263. The topological polar surface area (TPSA) is 37.4 Å². The van der Waals surface area contributed by atoms with Crippen LogP contribution in [0.4, 0.5) is 0 Å². The summed E-state index contributed by atoms with van der Waals surface area (Å²) >= 11 is 0. The van der Waals surface area contributed by atoms with E-state index in [1.807, 2.05) is 56.3 Å². The molecule has 2 rings (SSSR count). The maximum atomic E-state index is 12.5. The fourth-order valence-corrected chi connectivity index (χ4v) is 2.30. The molecule has 1 amide bonds. The van der Waals surface area contributed by atoms with E-state index >= 15 is 0 Å². The number of nitrogens with zero attached hydrogens (tertiary/aromatic N) is 1. The quantitative estimate of drug-likeness (QED) is 0.603. The summed E-state index contributed by atoms with van der Waals surface area (Å²) in [6.45, 7) is 4.99. The molecule has 0 fully saturated rings. The fourth-order valence-electron chi connectivity index (χ4n) is 2.30. The highest BCUT2D eigenvalue weighted by Crippen LogP contribution is 2.10. The van der Waals surface area contributed by atoms with Crippen LogP contribution in [0.5, 0.6) is 0 Å². The van der Waals surface area contributed by atoms with Crippen molar-refractivity contribution in [1.82, 2.24) is 4.90 Å². The summed E-state index contributed by atoms with van der Waals surface area (Å²) in [6, 6.07) is 16.9. The van der Waals surface area contributed by atoms with E-state index in [1.165, 1.54) is 0 Å². The largest absolute Gasteiger partial charge is 0.331 e. The van der Waals surface area contributed by atoms with E-state index < -0.39 is 11.7 Å². The van der Waals surface area contributed by atoms with E-state index in [2.05, 4.69) is 0 Å². The van der Waals surface area contributed by atoms with Crippen LogP contribution in [-0.4, -0.2) is 23.1 Å². The summed E-state index contributed by atoms with van der Waals surface area (Å²) in [5.41, 5.74) is 2.55. The number of rotatable bonds is 6. The predicted octanol–water partition coefficient (Wildman–Crippen LogP) is 3.62. The Hall–Kier alpha value is -2.42. The van der Waals surface area contributed by atoms with Gasteiger partial charge in [-0.1, -0.05) is 67.1 Å². The average Bonchev–Trinajstić information content (AvgIpc) is 2.55. The molecule has 0 aliphatic rings. The standard InChI is InChI=1S/C19H21NO2/c1-3-13-20(14-16-7-5-4-6-8-16)19(22)18(21)17-11-9-15(2)10-12-17/h4-12H,3,13-14H2,1-2H3. The summed E-state index contributed by atoms with van der Waals surface area (Å²) in [5, 5.41) is 0. The molecule has 0 bridgehead atoms. The zero-order valence-electron chi connectivity index (χ0n) is 13.1. The van der Waals surface area contributed by atoms with Crippen molar-refractivity contribution in [2.24, 2.45) is 0 Å². The number of amides is 1. The third kappa shape index (κ3) is 4.04. The van der Waals surface area contributed by atoms with Crippen LogP contribution in [0.25, 0.3) is 0 Å². The number of hydrogen-bond acceptors (Lipinski definition) is 2. The summed E-state index contributed by atoms with van der Waals surface area (Å²) in [6.07, 6.45) is 0.819. The molecule has 0 aliphatic carbocycles. The Morgan fingerprint density at radius 3 is 2.18 bits per heavy atom. The number of Topliss-reactive ketones (excluding diaryl/α,β-unsaturated/α-hetero) is 1. The average molecular weight is 295 g/mol. The Labute approximate surface area is 131 Å². The zero-order valence-corrected chi connectivity index (χ0v) is 13.1. The van der Waals surface area contributed by atoms with Crippen LogP contribution in [0.15, 0.2) is 54.6 Å². The van der Waals surface area contributed by atoms with Gasteiger partial charge in [0, 0.05) is 18.7 Å². The lowest BCUT2D eigenvalue weighted by Gasteiger charge is -2.21. The first-order valence-electron chi connectivity index (χ1n) is 7.56. The predicted molar refractivity (Wildman–Crippen MR) is 87.7 cm³/mol. The van der Waals surface area contributed by atoms with Gasteiger partial charge >= 0.3 is 0 Å². The molecule has 22 heavy (non-hydrogen) atoms. The van der Waals surface area contributed by atoms with Crippen molar-refractivity contribution in [3.05, 3.63) is 71.3 Å². The third-order valence-electron chi connectivity index (χ3n) is 3.50. The number of carbonyl (C=O) groups is 2. The number of ketones is 1. The first kappa shape index (κ1) is 16.0. The summed E-state index contributed by atoms with van der Waals surface area (Å²) in [4.78, 5) is 26.5. The maximum absolute atomic E-state index is 12.5. The van der Waals surface area contributed by atoms with Crippen LogP contribution in [0.2, 0.25) is 0 Å². The first-order valence-corrected chi connectivity index (χ1v) is 7.56. The lowest BCUT2D eigenvalue weighted by Crippen LogP contribution is -2.36. The molecule has 0 saturated heterocycles. The number of hydrogen-bond donors (Lipinski definition) is 0. The van der Waals surface area contributed by atoms with Crippen LogP contribution < -0.4 is 0 Å². The maximum Gasteiger partial charge on any atom is 0.295 e. The Balaban J connectivity index is 2.15. The van der Waals surface area contributed by atoms with Gasteiger partial charge < -0.3 is 4.90 Å². The second-order valence-electron chi connectivity index (χ2n) is 5.41. The van der Waals surface area contributed by atoms with E-state index in [1.54, 1.807) is 17.0 Å². The van der Waals surface area contributed by atoms with E-state index in [0.717, 1.165) is 17.5 Å². The Bertz CT molecular complexity index is 632. The van der Waals surface area contributed by atoms with Crippen molar-refractivity contribution in [2.45, 2.75) is 26.8 Å². The summed E-state index contributed by atoms with van der Waals surface area (Å²) < 4.78 is 0. The van der Waals surface area contributed by atoms with Crippen molar-refractivity contribution >= 4 is 11.7 Å². The van der Waals surface area contributed by atoms with Crippen molar-refractivity contribution in [2.75, 3.05) is 6.54 Å². The lowest BCUT2D eigenvalue weighted by molar-refractivity contribution is -0.127. The van der Waals surface area contributed by atoms with E-state index in [-0.39, 0.29) is 0 Å². The van der Waals surface area contributed by atoms with Gasteiger partial charge in [0.15, 0.2) is 0 Å². The normalized spacial score (nSPS) is 10.3. The molecule has 0 spiro atoms. The zero-order chi connectivity index (χ0) is 15.9. The molecule has 0 atom stereocenters. The van der Waals surface area contributed by atoms with Gasteiger partial charge in [-0.3, -0.25) is 9.59 Å². The number of carbonyl (C=O) groups excluding carboxylic acids is 2. The molecule has 0 N–H and O–H groups in total. The Morgan fingerprint density at radius 2 is 1.59 bits per heavy atom. The molecule has 3 nitrogen and oxygen atoms in total.